The third-order valence-electron chi connectivity index (χ3n) is 11.4. The molecule has 0 aliphatic heterocycles. The average molecular weight is 760 g/mol. The molecular formula is C53H33N3OS. The van der Waals surface area contributed by atoms with Gasteiger partial charge in [0.05, 0.1) is 11.0 Å². The summed E-state index contributed by atoms with van der Waals surface area (Å²) in [6.07, 6.45) is 0. The molecule has 0 saturated carbocycles. The number of aromatic nitrogens is 2. The highest BCUT2D eigenvalue weighted by molar-refractivity contribution is 7.25. The predicted octanol–water partition coefficient (Wildman–Crippen LogP) is 15.2. The van der Waals surface area contributed by atoms with Crippen molar-refractivity contribution in [2.45, 2.75) is 0 Å². The predicted molar refractivity (Wildman–Crippen MR) is 244 cm³/mol. The summed E-state index contributed by atoms with van der Waals surface area (Å²) in [6, 6.07) is 71.5. The molecule has 58 heavy (non-hydrogen) atoms. The normalized spacial score (nSPS) is 11.8. The van der Waals surface area contributed by atoms with Gasteiger partial charge < -0.3 is 13.9 Å². The Kier molecular flexibility index (Phi) is 7.37. The minimum absolute atomic E-state index is 0.602. The second-order valence-electron chi connectivity index (χ2n) is 14.8. The summed E-state index contributed by atoms with van der Waals surface area (Å²) >= 11 is 1.83. The molecule has 0 spiro atoms. The topological polar surface area (TPSA) is 34.2 Å². The molecule has 0 saturated heterocycles. The molecule has 0 amide bonds. The molecule has 0 bridgehead atoms. The van der Waals surface area contributed by atoms with Crippen LogP contribution in [0.5, 0.6) is 0 Å². The highest BCUT2D eigenvalue weighted by Crippen LogP contribution is 2.44. The van der Waals surface area contributed by atoms with Gasteiger partial charge in [-0.05, 0) is 101 Å². The number of thiophene rings is 1. The van der Waals surface area contributed by atoms with Crippen LogP contribution in [0.3, 0.4) is 0 Å². The van der Waals surface area contributed by atoms with E-state index in [9.17, 15) is 0 Å². The number of oxazole rings is 1. The number of fused-ring (bicyclic) bond motifs is 9. The van der Waals surface area contributed by atoms with E-state index in [0.717, 1.165) is 56.1 Å². The molecular weight excluding hydrogens is 727 g/mol. The van der Waals surface area contributed by atoms with Crippen LogP contribution < -0.4 is 4.90 Å². The van der Waals surface area contributed by atoms with E-state index < -0.39 is 0 Å². The highest BCUT2D eigenvalue weighted by Gasteiger charge is 2.21. The van der Waals surface area contributed by atoms with E-state index in [1.807, 2.05) is 17.4 Å². The molecule has 0 atom stereocenters. The van der Waals surface area contributed by atoms with Gasteiger partial charge in [-0.25, -0.2) is 4.98 Å². The summed E-state index contributed by atoms with van der Waals surface area (Å²) in [5, 5.41) is 7.46. The van der Waals surface area contributed by atoms with E-state index in [1.54, 1.807) is 0 Å². The largest absolute Gasteiger partial charge is 0.436 e. The van der Waals surface area contributed by atoms with Crippen molar-refractivity contribution in [2.24, 2.45) is 0 Å². The number of hydrogen-bond donors (Lipinski definition) is 0. The highest BCUT2D eigenvalue weighted by atomic mass is 32.1. The van der Waals surface area contributed by atoms with Gasteiger partial charge in [0.2, 0.25) is 5.89 Å². The van der Waals surface area contributed by atoms with Gasteiger partial charge in [0, 0.05) is 65.3 Å². The number of nitrogens with zero attached hydrogens (tertiary/aromatic N) is 3. The summed E-state index contributed by atoms with van der Waals surface area (Å²) < 4.78 is 11.5. The van der Waals surface area contributed by atoms with Crippen molar-refractivity contribution < 1.29 is 4.42 Å². The van der Waals surface area contributed by atoms with Crippen molar-refractivity contribution in [3.63, 3.8) is 0 Å². The molecule has 0 fully saturated rings. The molecule has 12 rings (SSSR count). The first kappa shape index (κ1) is 32.7. The van der Waals surface area contributed by atoms with Crippen LogP contribution in [0, 0.1) is 0 Å². The van der Waals surface area contributed by atoms with Crippen LogP contribution >= 0.6 is 11.3 Å². The van der Waals surface area contributed by atoms with Crippen LogP contribution in [-0.4, -0.2) is 9.55 Å². The summed E-state index contributed by atoms with van der Waals surface area (Å²) in [5.74, 6) is 0.602. The fourth-order valence-corrected chi connectivity index (χ4v) is 9.85. The number of benzene rings is 9. The van der Waals surface area contributed by atoms with Gasteiger partial charge >= 0.3 is 0 Å². The molecule has 0 unspecified atom stereocenters. The Hall–Kier alpha value is -7.47. The van der Waals surface area contributed by atoms with Gasteiger partial charge in [-0.3, -0.25) is 0 Å². The smallest absolute Gasteiger partial charge is 0.227 e. The number of para-hydroxylation sites is 1. The zero-order valence-electron chi connectivity index (χ0n) is 31.2. The van der Waals surface area contributed by atoms with Crippen molar-refractivity contribution in [1.82, 2.24) is 9.55 Å². The van der Waals surface area contributed by atoms with Crippen LogP contribution in [0.25, 0.3) is 92.1 Å². The summed E-state index contributed by atoms with van der Waals surface area (Å²) in [5.41, 5.74) is 11.4. The molecule has 9 aromatic carbocycles. The maximum Gasteiger partial charge on any atom is 0.227 e. The van der Waals surface area contributed by atoms with Gasteiger partial charge in [0.1, 0.15) is 5.52 Å². The Morgan fingerprint density at radius 2 is 1.12 bits per heavy atom. The van der Waals surface area contributed by atoms with Crippen LogP contribution in [0.2, 0.25) is 0 Å². The lowest BCUT2D eigenvalue weighted by molar-refractivity contribution is 0.620. The van der Waals surface area contributed by atoms with Crippen LogP contribution in [0.1, 0.15) is 0 Å². The lowest BCUT2D eigenvalue weighted by atomic mass is 10.0. The van der Waals surface area contributed by atoms with E-state index in [0.29, 0.717) is 5.89 Å². The number of anilines is 3. The van der Waals surface area contributed by atoms with Gasteiger partial charge in [-0.15, -0.1) is 11.3 Å². The first-order valence-corrected chi connectivity index (χ1v) is 20.3. The molecule has 5 heteroatoms. The Bertz CT molecular complexity index is 3530. The summed E-state index contributed by atoms with van der Waals surface area (Å²) in [6.45, 7) is 0. The van der Waals surface area contributed by atoms with Crippen molar-refractivity contribution >= 4 is 92.2 Å². The van der Waals surface area contributed by atoms with Gasteiger partial charge in [-0.1, -0.05) is 115 Å². The van der Waals surface area contributed by atoms with Crippen molar-refractivity contribution in [3.05, 3.63) is 200 Å². The van der Waals surface area contributed by atoms with Gasteiger partial charge in [0.15, 0.2) is 5.58 Å². The summed E-state index contributed by atoms with van der Waals surface area (Å²) in [7, 11) is 0. The standard InChI is InChI=1S/C53H33N3OS/c1-3-12-34(13-4-1)36-15-11-16-37(30-36)53-54-46-27-24-40(32-49(46)57-53)55(41-23-26-44-43-20-9-10-21-50(43)58-51(44)33-41)39-25-29-47-45(31-39)52-42-19-8-7-14-35(42)22-28-48(52)56(47)38-17-5-2-6-18-38/h1-33H. The van der Waals surface area contributed by atoms with Crippen molar-refractivity contribution in [3.8, 4) is 28.3 Å². The second kappa shape index (κ2) is 13.1. The molecule has 0 radical (unpaired) electrons. The van der Waals surface area contributed by atoms with E-state index in [4.69, 9.17) is 9.40 Å². The lowest BCUT2D eigenvalue weighted by Crippen LogP contribution is -2.09. The van der Waals surface area contributed by atoms with E-state index in [2.05, 4.69) is 204 Å². The SMILES string of the molecule is c1ccc(-c2cccc(-c3nc4ccc(N(c5ccc6c(c5)sc5ccccc56)c5ccc6c(c5)c5c7ccccc7ccc5n6-c5ccccc5)cc4o3)c2)cc1. The van der Waals surface area contributed by atoms with E-state index in [1.165, 1.54) is 47.2 Å². The van der Waals surface area contributed by atoms with Crippen LogP contribution in [-0.2, 0) is 0 Å². The Morgan fingerprint density at radius 3 is 2.02 bits per heavy atom. The third-order valence-corrected chi connectivity index (χ3v) is 12.5. The minimum Gasteiger partial charge on any atom is -0.436 e. The van der Waals surface area contributed by atoms with Crippen LogP contribution in [0.15, 0.2) is 205 Å². The fraction of sp³-hybridized carbons (Fsp3) is 0. The second-order valence-corrected chi connectivity index (χ2v) is 15.9. The number of hydrogen-bond acceptors (Lipinski definition) is 4. The van der Waals surface area contributed by atoms with Crippen LogP contribution in [0.4, 0.5) is 17.1 Å². The third kappa shape index (κ3) is 5.25. The molecule has 0 aliphatic carbocycles. The number of rotatable bonds is 6. The Balaban J connectivity index is 1.07. The maximum atomic E-state index is 6.61. The molecule has 12 aromatic rings. The molecule has 0 aliphatic rings. The Labute approximate surface area is 338 Å². The average Bonchev–Trinajstić information content (AvgIpc) is 3.99. The lowest BCUT2D eigenvalue weighted by Gasteiger charge is -2.25. The molecule has 0 N–H and O–H groups in total. The van der Waals surface area contributed by atoms with E-state index in [-0.39, 0.29) is 0 Å². The summed E-state index contributed by atoms with van der Waals surface area (Å²) in [4.78, 5) is 7.34. The van der Waals surface area contributed by atoms with Crippen molar-refractivity contribution in [1.29, 1.82) is 0 Å². The molecule has 3 heterocycles. The van der Waals surface area contributed by atoms with Gasteiger partial charge in [0.25, 0.3) is 0 Å². The van der Waals surface area contributed by atoms with Gasteiger partial charge in [-0.2, -0.15) is 0 Å². The Morgan fingerprint density at radius 1 is 0.448 bits per heavy atom. The molecule has 4 nitrogen and oxygen atoms in total. The maximum absolute atomic E-state index is 6.61. The van der Waals surface area contributed by atoms with E-state index >= 15 is 0 Å². The zero-order valence-corrected chi connectivity index (χ0v) is 32.0. The quantitative estimate of drug-likeness (QED) is 0.169. The molecule has 272 valence electrons. The first-order chi connectivity index (χ1) is 28.7. The zero-order chi connectivity index (χ0) is 38.2. The fourth-order valence-electron chi connectivity index (χ4n) is 8.71. The minimum atomic E-state index is 0.602. The van der Waals surface area contributed by atoms with Crippen molar-refractivity contribution in [2.75, 3.05) is 4.90 Å². The first-order valence-electron chi connectivity index (χ1n) is 19.5. The molecule has 3 aromatic heterocycles. The monoisotopic (exact) mass is 759 g/mol.